The normalized spacial score (nSPS) is 11.8. The van der Waals surface area contributed by atoms with Crippen LogP contribution >= 0.6 is 0 Å². The first-order valence-corrected chi connectivity index (χ1v) is 10.9. The third-order valence-corrected chi connectivity index (χ3v) is 5.71. The summed E-state index contributed by atoms with van der Waals surface area (Å²) in [5.74, 6) is 4.06. The van der Waals surface area contributed by atoms with E-state index in [0.717, 1.165) is 35.9 Å². The Bertz CT molecular complexity index is 777. The van der Waals surface area contributed by atoms with Gasteiger partial charge in [-0.05, 0) is 49.6 Å². The fourth-order valence-corrected chi connectivity index (χ4v) is 3.84. The molecule has 3 aromatic rings. The Morgan fingerprint density at radius 3 is 1.61 bits per heavy atom. The number of hydrogen-bond acceptors (Lipinski definition) is 2. The highest BCUT2D eigenvalue weighted by molar-refractivity contribution is 5.43. The van der Waals surface area contributed by atoms with E-state index in [1.807, 2.05) is 0 Å². The number of benzene rings is 1. The maximum atomic E-state index is 6.35. The Hall–Kier alpha value is -2.22. The summed E-state index contributed by atoms with van der Waals surface area (Å²) in [6.45, 7) is 6.68. The Morgan fingerprint density at radius 2 is 1.14 bits per heavy atom. The standard InChI is InChI=1S/C26H34O2/c1-4-6-9-15-22-17-19-24(27-22)26(3,21-13-11-8-12-14-21)25-20-18-23(28-25)16-10-7-5-2/h8,11-14,17-20H,4-7,9-10,15-16H2,1-3H3. The predicted molar refractivity (Wildman–Crippen MR) is 116 cm³/mol. The van der Waals surface area contributed by atoms with Gasteiger partial charge in [0.15, 0.2) is 0 Å². The quantitative estimate of drug-likeness (QED) is 0.320. The number of unbranched alkanes of at least 4 members (excludes halogenated alkanes) is 4. The molecule has 0 fully saturated rings. The molecule has 1 aromatic carbocycles. The molecule has 0 atom stereocenters. The largest absolute Gasteiger partial charge is 0.465 e. The molecule has 0 N–H and O–H groups in total. The molecule has 2 heterocycles. The molecule has 2 aromatic heterocycles. The van der Waals surface area contributed by atoms with Gasteiger partial charge in [-0.3, -0.25) is 0 Å². The average molecular weight is 379 g/mol. The summed E-state index contributed by atoms with van der Waals surface area (Å²) >= 11 is 0. The van der Waals surface area contributed by atoms with Gasteiger partial charge >= 0.3 is 0 Å². The van der Waals surface area contributed by atoms with Gasteiger partial charge in [0.1, 0.15) is 28.5 Å². The molecule has 0 bridgehead atoms. The molecule has 2 heteroatoms. The highest BCUT2D eigenvalue weighted by Gasteiger charge is 2.37. The monoisotopic (exact) mass is 378 g/mol. The predicted octanol–water partition coefficient (Wildman–Crippen LogP) is 7.69. The summed E-state index contributed by atoms with van der Waals surface area (Å²) < 4.78 is 12.7. The van der Waals surface area contributed by atoms with Crippen molar-refractivity contribution in [2.75, 3.05) is 0 Å². The zero-order valence-corrected chi connectivity index (χ0v) is 17.7. The second-order valence-electron chi connectivity index (χ2n) is 7.94. The minimum absolute atomic E-state index is 0.423. The molecule has 0 aliphatic carbocycles. The van der Waals surface area contributed by atoms with Crippen LogP contribution in [0.4, 0.5) is 0 Å². The van der Waals surface area contributed by atoms with Gasteiger partial charge < -0.3 is 8.83 Å². The van der Waals surface area contributed by atoms with Crippen molar-refractivity contribution in [1.29, 1.82) is 0 Å². The molecule has 3 rings (SSSR count). The lowest BCUT2D eigenvalue weighted by molar-refractivity contribution is 0.355. The highest BCUT2D eigenvalue weighted by atomic mass is 16.4. The van der Waals surface area contributed by atoms with Crippen LogP contribution < -0.4 is 0 Å². The van der Waals surface area contributed by atoms with Crippen LogP contribution in [0.25, 0.3) is 0 Å². The van der Waals surface area contributed by atoms with Gasteiger partial charge in [-0.1, -0.05) is 69.9 Å². The summed E-state index contributed by atoms with van der Waals surface area (Å²) in [4.78, 5) is 0. The average Bonchev–Trinajstić information content (AvgIpc) is 3.39. The lowest BCUT2D eigenvalue weighted by atomic mass is 9.78. The summed E-state index contributed by atoms with van der Waals surface area (Å²) in [6, 6.07) is 19.1. The van der Waals surface area contributed by atoms with Crippen LogP contribution in [0.5, 0.6) is 0 Å². The van der Waals surface area contributed by atoms with E-state index < -0.39 is 5.41 Å². The van der Waals surface area contributed by atoms with Crippen LogP contribution in [0.3, 0.4) is 0 Å². The first-order valence-electron chi connectivity index (χ1n) is 10.9. The van der Waals surface area contributed by atoms with Crippen LogP contribution in [0.1, 0.15) is 87.9 Å². The molecule has 0 spiro atoms. The van der Waals surface area contributed by atoms with Crippen LogP contribution in [-0.2, 0) is 18.3 Å². The lowest BCUT2D eigenvalue weighted by Gasteiger charge is -2.26. The summed E-state index contributed by atoms with van der Waals surface area (Å²) in [5, 5.41) is 0. The Kier molecular flexibility index (Phi) is 7.19. The van der Waals surface area contributed by atoms with Crippen molar-refractivity contribution in [3.05, 3.63) is 83.2 Å². The number of hydrogen-bond donors (Lipinski definition) is 0. The summed E-state index contributed by atoms with van der Waals surface area (Å²) in [6.07, 6.45) is 9.28. The molecule has 2 nitrogen and oxygen atoms in total. The van der Waals surface area contributed by atoms with Crippen molar-refractivity contribution in [2.24, 2.45) is 0 Å². The van der Waals surface area contributed by atoms with Crippen molar-refractivity contribution in [3.8, 4) is 0 Å². The van der Waals surface area contributed by atoms with Crippen molar-refractivity contribution >= 4 is 0 Å². The van der Waals surface area contributed by atoms with E-state index in [9.17, 15) is 0 Å². The van der Waals surface area contributed by atoms with E-state index in [0.29, 0.717) is 0 Å². The molecule has 150 valence electrons. The van der Waals surface area contributed by atoms with E-state index >= 15 is 0 Å². The van der Waals surface area contributed by atoms with E-state index in [1.165, 1.54) is 44.1 Å². The minimum atomic E-state index is -0.423. The summed E-state index contributed by atoms with van der Waals surface area (Å²) in [7, 11) is 0. The smallest absolute Gasteiger partial charge is 0.122 e. The highest BCUT2D eigenvalue weighted by Crippen LogP contribution is 2.40. The van der Waals surface area contributed by atoms with Crippen molar-refractivity contribution < 1.29 is 8.83 Å². The Labute approximate surface area is 170 Å². The van der Waals surface area contributed by atoms with E-state index in [2.05, 4.69) is 75.4 Å². The maximum absolute atomic E-state index is 6.35. The third kappa shape index (κ3) is 4.60. The van der Waals surface area contributed by atoms with E-state index in [1.54, 1.807) is 0 Å². The molecular weight excluding hydrogens is 344 g/mol. The van der Waals surface area contributed by atoms with Crippen LogP contribution in [0.2, 0.25) is 0 Å². The molecule has 0 amide bonds. The molecular formula is C26H34O2. The van der Waals surface area contributed by atoms with Crippen LogP contribution in [0.15, 0.2) is 63.4 Å². The number of rotatable bonds is 11. The zero-order chi connectivity index (χ0) is 19.8. The van der Waals surface area contributed by atoms with Gasteiger partial charge in [0, 0.05) is 12.8 Å². The lowest BCUT2D eigenvalue weighted by Crippen LogP contribution is -2.24. The fraction of sp³-hybridized carbons (Fsp3) is 0.462. The van der Waals surface area contributed by atoms with Gasteiger partial charge in [-0.2, -0.15) is 0 Å². The second-order valence-corrected chi connectivity index (χ2v) is 7.94. The molecule has 0 radical (unpaired) electrons. The van der Waals surface area contributed by atoms with Gasteiger partial charge in [0.2, 0.25) is 0 Å². The van der Waals surface area contributed by atoms with Crippen molar-refractivity contribution in [3.63, 3.8) is 0 Å². The second kappa shape index (κ2) is 9.82. The van der Waals surface area contributed by atoms with Gasteiger partial charge in [0.25, 0.3) is 0 Å². The van der Waals surface area contributed by atoms with Crippen molar-refractivity contribution in [2.45, 2.75) is 77.6 Å². The van der Waals surface area contributed by atoms with Gasteiger partial charge in [-0.15, -0.1) is 0 Å². The fourth-order valence-electron chi connectivity index (χ4n) is 3.84. The molecule has 0 aliphatic heterocycles. The van der Waals surface area contributed by atoms with Gasteiger partial charge in [0.05, 0.1) is 0 Å². The zero-order valence-electron chi connectivity index (χ0n) is 17.7. The van der Waals surface area contributed by atoms with Crippen LogP contribution in [-0.4, -0.2) is 0 Å². The van der Waals surface area contributed by atoms with E-state index in [4.69, 9.17) is 8.83 Å². The molecule has 0 unspecified atom stereocenters. The van der Waals surface area contributed by atoms with Crippen LogP contribution in [0, 0.1) is 0 Å². The maximum Gasteiger partial charge on any atom is 0.122 e. The first kappa shape index (κ1) is 20.5. The summed E-state index contributed by atoms with van der Waals surface area (Å²) in [5.41, 5.74) is 0.770. The first-order chi connectivity index (χ1) is 13.7. The SMILES string of the molecule is CCCCCc1ccc(C(C)(c2ccccc2)c2ccc(CCCCC)o2)o1. The topological polar surface area (TPSA) is 26.3 Å². The number of aryl methyl sites for hydroxylation is 2. The molecule has 0 aliphatic rings. The minimum Gasteiger partial charge on any atom is -0.465 e. The van der Waals surface area contributed by atoms with E-state index in [-0.39, 0.29) is 0 Å². The Balaban J connectivity index is 1.91. The van der Waals surface area contributed by atoms with Gasteiger partial charge in [-0.25, -0.2) is 0 Å². The number of furan rings is 2. The molecule has 0 saturated carbocycles. The van der Waals surface area contributed by atoms with Crippen molar-refractivity contribution in [1.82, 2.24) is 0 Å². The third-order valence-electron chi connectivity index (χ3n) is 5.71. The molecule has 0 saturated heterocycles. The Morgan fingerprint density at radius 1 is 0.643 bits per heavy atom. The molecule has 28 heavy (non-hydrogen) atoms.